The highest BCUT2D eigenvalue weighted by Crippen LogP contribution is 2.30. The smallest absolute Gasteiger partial charge is 0.338 e. The monoisotopic (exact) mass is 420 g/mol. The number of hydrogen-bond donors (Lipinski definition) is 0. The molecule has 0 aliphatic rings. The molecule has 0 spiro atoms. The first-order chi connectivity index (χ1) is 12.8. The Morgan fingerprint density at radius 1 is 0.786 bits per heavy atom. The van der Waals surface area contributed by atoms with Crippen molar-refractivity contribution in [3.8, 4) is 0 Å². The molecule has 150 valence electrons. The second-order valence-corrected chi connectivity index (χ2v) is 9.74. The summed E-state index contributed by atoms with van der Waals surface area (Å²) in [5.41, 5.74) is 2.64. The van der Waals surface area contributed by atoms with Crippen LogP contribution in [0.15, 0.2) is 36.4 Å². The van der Waals surface area contributed by atoms with E-state index >= 15 is 0 Å². The fourth-order valence-electron chi connectivity index (χ4n) is 2.58. The van der Waals surface area contributed by atoms with Gasteiger partial charge in [0, 0.05) is 5.56 Å². The van der Waals surface area contributed by atoms with Gasteiger partial charge in [-0.25, -0.2) is 4.79 Å². The lowest BCUT2D eigenvalue weighted by Crippen LogP contribution is -2.20. The number of carbonyl (C=O) groups excluding carboxylic acids is 2. The quantitative estimate of drug-likeness (QED) is 0.411. The minimum Gasteiger partial charge on any atom is -0.454 e. The molecule has 0 saturated carbocycles. The molecule has 3 nitrogen and oxygen atoms in total. The summed E-state index contributed by atoms with van der Waals surface area (Å²) < 4.78 is 5.29. The van der Waals surface area contributed by atoms with Crippen molar-refractivity contribution in [1.82, 2.24) is 0 Å². The Balaban J connectivity index is 2.23. The summed E-state index contributed by atoms with van der Waals surface area (Å²) in [5.74, 6) is -0.861. The van der Waals surface area contributed by atoms with Gasteiger partial charge in [-0.15, -0.1) is 0 Å². The Morgan fingerprint density at radius 2 is 1.32 bits per heavy atom. The van der Waals surface area contributed by atoms with E-state index in [9.17, 15) is 9.59 Å². The van der Waals surface area contributed by atoms with Crippen molar-refractivity contribution < 1.29 is 14.3 Å². The van der Waals surface area contributed by atoms with Crippen LogP contribution in [-0.4, -0.2) is 18.4 Å². The zero-order chi connectivity index (χ0) is 21.3. The van der Waals surface area contributed by atoms with Crippen LogP contribution < -0.4 is 0 Å². The average molecular weight is 421 g/mol. The molecular weight excluding hydrogens is 395 g/mol. The van der Waals surface area contributed by atoms with Crippen LogP contribution in [0.1, 0.15) is 73.4 Å². The maximum Gasteiger partial charge on any atom is 0.338 e. The van der Waals surface area contributed by atoms with Crippen LogP contribution in [0.4, 0.5) is 0 Å². The molecule has 0 aliphatic heterocycles. The molecular formula is C23H26Cl2O3. The van der Waals surface area contributed by atoms with E-state index in [1.165, 1.54) is 6.07 Å². The lowest BCUT2D eigenvalue weighted by atomic mass is 9.79. The lowest BCUT2D eigenvalue weighted by molar-refractivity contribution is 0.0474. The van der Waals surface area contributed by atoms with Gasteiger partial charge in [0.1, 0.15) is 0 Å². The predicted molar refractivity (Wildman–Crippen MR) is 115 cm³/mol. The van der Waals surface area contributed by atoms with Crippen LogP contribution >= 0.6 is 23.2 Å². The van der Waals surface area contributed by atoms with Crippen molar-refractivity contribution in [2.75, 3.05) is 6.61 Å². The second kappa shape index (κ2) is 8.26. The highest BCUT2D eigenvalue weighted by atomic mass is 35.5. The average Bonchev–Trinajstić information content (AvgIpc) is 2.59. The first kappa shape index (κ1) is 22.4. The van der Waals surface area contributed by atoms with Crippen molar-refractivity contribution in [3.63, 3.8) is 0 Å². The van der Waals surface area contributed by atoms with Gasteiger partial charge in [-0.05, 0) is 52.3 Å². The van der Waals surface area contributed by atoms with Crippen LogP contribution in [0, 0.1) is 0 Å². The minimum absolute atomic E-state index is 0.119. The molecule has 0 amide bonds. The van der Waals surface area contributed by atoms with Crippen molar-refractivity contribution in [2.45, 2.75) is 52.4 Å². The van der Waals surface area contributed by atoms with E-state index in [1.807, 2.05) is 12.1 Å². The highest BCUT2D eigenvalue weighted by Gasteiger charge is 2.23. The van der Waals surface area contributed by atoms with Crippen molar-refractivity contribution in [3.05, 3.63) is 68.7 Å². The largest absolute Gasteiger partial charge is 0.454 e. The van der Waals surface area contributed by atoms with Gasteiger partial charge in [0.15, 0.2) is 12.4 Å². The summed E-state index contributed by atoms with van der Waals surface area (Å²) in [7, 11) is 0. The van der Waals surface area contributed by atoms with Crippen LogP contribution in [0.3, 0.4) is 0 Å². The number of ketones is 1. The summed E-state index contributed by atoms with van der Waals surface area (Å²) in [4.78, 5) is 25.0. The number of hydrogen-bond acceptors (Lipinski definition) is 3. The molecule has 0 atom stereocenters. The first-order valence-corrected chi connectivity index (χ1v) is 9.86. The zero-order valence-electron chi connectivity index (χ0n) is 17.2. The zero-order valence-corrected chi connectivity index (χ0v) is 18.7. The van der Waals surface area contributed by atoms with Gasteiger partial charge in [0.05, 0.1) is 15.6 Å². The van der Waals surface area contributed by atoms with Gasteiger partial charge in [-0.3, -0.25) is 4.79 Å². The lowest BCUT2D eigenvalue weighted by Gasteiger charge is -2.25. The van der Waals surface area contributed by atoms with Crippen LogP contribution in [0.25, 0.3) is 0 Å². The van der Waals surface area contributed by atoms with E-state index in [4.69, 9.17) is 27.9 Å². The van der Waals surface area contributed by atoms with Gasteiger partial charge >= 0.3 is 5.97 Å². The second-order valence-electron chi connectivity index (χ2n) is 8.93. The summed E-state index contributed by atoms with van der Waals surface area (Å²) in [6.07, 6.45) is 0. The highest BCUT2D eigenvalue weighted by molar-refractivity contribution is 6.42. The Labute approximate surface area is 177 Å². The summed E-state index contributed by atoms with van der Waals surface area (Å²) in [6, 6.07) is 10.4. The molecule has 0 N–H and O–H groups in total. The normalized spacial score (nSPS) is 12.0. The molecule has 0 aliphatic carbocycles. The van der Waals surface area contributed by atoms with E-state index in [1.54, 1.807) is 12.1 Å². The molecule has 0 saturated heterocycles. The van der Waals surface area contributed by atoms with Gasteiger partial charge in [0.25, 0.3) is 0 Å². The molecule has 0 aromatic heterocycles. The molecule has 0 heterocycles. The Bertz CT molecular complexity index is 871. The predicted octanol–water partition coefficient (Wildman–Crippen LogP) is 6.63. The number of ether oxygens (including phenoxy) is 1. The van der Waals surface area contributed by atoms with E-state index in [0.29, 0.717) is 16.1 Å². The summed E-state index contributed by atoms with van der Waals surface area (Å²) >= 11 is 11.8. The molecule has 2 aromatic rings. The standard InChI is InChI=1S/C23H26Cl2O3/c1-22(2,3)16-9-15(10-17(12-16)23(4,5)6)21(27)28-13-20(26)14-7-8-18(24)19(25)11-14/h7-12H,13H2,1-6H3. The van der Waals surface area contributed by atoms with Crippen molar-refractivity contribution in [2.24, 2.45) is 0 Å². The number of Topliss-reactive ketones (excluding diaryl/α,β-unsaturated/α-hetero) is 1. The number of carbonyl (C=O) groups is 2. The fourth-order valence-corrected chi connectivity index (χ4v) is 2.88. The van der Waals surface area contributed by atoms with Gasteiger partial charge in [0.2, 0.25) is 0 Å². The fraction of sp³-hybridized carbons (Fsp3) is 0.391. The van der Waals surface area contributed by atoms with Crippen LogP contribution in [0.5, 0.6) is 0 Å². The van der Waals surface area contributed by atoms with E-state index in [-0.39, 0.29) is 28.2 Å². The third-order valence-corrected chi connectivity index (χ3v) is 5.22. The molecule has 5 heteroatoms. The number of esters is 1. The molecule has 0 radical (unpaired) electrons. The first-order valence-electron chi connectivity index (χ1n) is 9.10. The molecule has 0 unspecified atom stereocenters. The van der Waals surface area contributed by atoms with Crippen LogP contribution in [0.2, 0.25) is 10.0 Å². The minimum atomic E-state index is -0.523. The molecule has 28 heavy (non-hydrogen) atoms. The topological polar surface area (TPSA) is 43.4 Å². The summed E-state index contributed by atoms with van der Waals surface area (Å²) in [6.45, 7) is 12.2. The third kappa shape index (κ3) is 5.59. The van der Waals surface area contributed by atoms with Crippen molar-refractivity contribution >= 4 is 35.0 Å². The van der Waals surface area contributed by atoms with Gasteiger partial charge in [-0.2, -0.15) is 0 Å². The number of benzene rings is 2. The van der Waals surface area contributed by atoms with Crippen molar-refractivity contribution in [1.29, 1.82) is 0 Å². The maximum atomic E-state index is 12.6. The Hall–Kier alpha value is -1.84. The maximum absolute atomic E-state index is 12.6. The van der Waals surface area contributed by atoms with Crippen LogP contribution in [-0.2, 0) is 15.6 Å². The third-order valence-electron chi connectivity index (χ3n) is 4.48. The molecule has 2 aromatic carbocycles. The van der Waals surface area contributed by atoms with E-state index in [0.717, 1.165) is 11.1 Å². The number of halogens is 2. The van der Waals surface area contributed by atoms with E-state index in [2.05, 4.69) is 47.6 Å². The summed E-state index contributed by atoms with van der Waals surface area (Å²) in [5, 5.41) is 0.649. The SMILES string of the molecule is CC(C)(C)c1cc(C(=O)OCC(=O)c2ccc(Cl)c(Cl)c2)cc(C(C)(C)C)c1. The molecule has 0 fully saturated rings. The molecule has 2 rings (SSSR count). The van der Waals surface area contributed by atoms with Gasteiger partial charge < -0.3 is 4.74 Å². The molecule has 0 bridgehead atoms. The van der Waals surface area contributed by atoms with E-state index < -0.39 is 5.97 Å². The van der Waals surface area contributed by atoms with Gasteiger partial charge in [-0.1, -0.05) is 70.8 Å². The number of rotatable bonds is 4. The Kier molecular flexibility index (Phi) is 6.62. The Morgan fingerprint density at radius 3 is 1.79 bits per heavy atom.